The first-order chi connectivity index (χ1) is 8.10. The molecule has 0 radical (unpaired) electrons. The van der Waals surface area contributed by atoms with Gasteiger partial charge >= 0.3 is 0 Å². The minimum absolute atomic E-state index is 0.00245. The van der Waals surface area contributed by atoms with Gasteiger partial charge in [-0.25, -0.2) is 0 Å². The molecule has 1 aromatic heterocycles. The van der Waals surface area contributed by atoms with Crippen LogP contribution in [0.2, 0.25) is 0 Å². The number of anilines is 1. The highest BCUT2D eigenvalue weighted by molar-refractivity contribution is 5.94. The van der Waals surface area contributed by atoms with E-state index in [9.17, 15) is 4.79 Å². The summed E-state index contributed by atoms with van der Waals surface area (Å²) in [6.45, 7) is 5.01. The quantitative estimate of drug-likeness (QED) is 0.842. The number of carbonyl (C=O) groups excluding carboxylic acids is 1. The van der Waals surface area contributed by atoms with Gasteiger partial charge < -0.3 is 15.6 Å². The molecule has 1 aliphatic rings. The van der Waals surface area contributed by atoms with E-state index in [-0.39, 0.29) is 5.91 Å². The van der Waals surface area contributed by atoms with Crippen LogP contribution in [0.15, 0.2) is 12.3 Å². The van der Waals surface area contributed by atoms with E-state index in [0.29, 0.717) is 17.4 Å². The number of nitrogens with two attached hydrogens (primary N) is 1. The Morgan fingerprint density at radius 1 is 1.59 bits per heavy atom. The summed E-state index contributed by atoms with van der Waals surface area (Å²) in [6.07, 6.45) is 5.21. The Bertz CT molecular complexity index is 411. The second kappa shape index (κ2) is 4.82. The topological polar surface area (TPSA) is 60.0 Å². The van der Waals surface area contributed by atoms with Crippen molar-refractivity contribution in [2.45, 2.75) is 45.7 Å². The van der Waals surface area contributed by atoms with Crippen molar-refractivity contribution in [3.63, 3.8) is 0 Å². The highest BCUT2D eigenvalue weighted by Gasteiger charge is 2.24. The third kappa shape index (κ3) is 2.62. The molecule has 4 nitrogen and oxygen atoms in total. The van der Waals surface area contributed by atoms with Crippen LogP contribution in [0.4, 0.5) is 5.69 Å². The molecule has 2 rings (SSSR count). The van der Waals surface area contributed by atoms with E-state index in [1.54, 1.807) is 6.07 Å². The second-order valence-corrected chi connectivity index (χ2v) is 5.03. The Morgan fingerprint density at radius 3 is 2.94 bits per heavy atom. The van der Waals surface area contributed by atoms with Crippen molar-refractivity contribution in [2.24, 2.45) is 5.92 Å². The van der Waals surface area contributed by atoms with Gasteiger partial charge in [-0.05, 0) is 38.2 Å². The molecule has 0 spiro atoms. The Hall–Kier alpha value is -1.45. The zero-order chi connectivity index (χ0) is 12.4. The van der Waals surface area contributed by atoms with Crippen LogP contribution in [0.25, 0.3) is 0 Å². The maximum Gasteiger partial charge on any atom is 0.268 e. The van der Waals surface area contributed by atoms with Crippen molar-refractivity contribution < 1.29 is 4.79 Å². The summed E-state index contributed by atoms with van der Waals surface area (Å²) in [4.78, 5) is 12.1. The molecule has 17 heavy (non-hydrogen) atoms. The Morgan fingerprint density at radius 2 is 2.35 bits per heavy atom. The van der Waals surface area contributed by atoms with Crippen LogP contribution in [0.3, 0.4) is 0 Å². The monoisotopic (exact) mass is 235 g/mol. The summed E-state index contributed by atoms with van der Waals surface area (Å²) >= 11 is 0. The lowest BCUT2D eigenvalue weighted by Crippen LogP contribution is -2.34. The number of amides is 1. The third-order valence-corrected chi connectivity index (χ3v) is 3.52. The summed E-state index contributed by atoms with van der Waals surface area (Å²) in [6, 6.07) is 2.08. The Labute approximate surface area is 102 Å². The fraction of sp³-hybridized carbons (Fsp3) is 0.615. The van der Waals surface area contributed by atoms with E-state index >= 15 is 0 Å². The summed E-state index contributed by atoms with van der Waals surface area (Å²) in [5.74, 6) is 0.728. The number of nitrogens with one attached hydrogen (secondary N) is 1. The van der Waals surface area contributed by atoms with Crippen molar-refractivity contribution in [1.82, 2.24) is 9.88 Å². The highest BCUT2D eigenvalue weighted by Crippen LogP contribution is 2.25. The molecule has 1 aromatic rings. The minimum atomic E-state index is 0.00245. The standard InChI is InChI=1S/C13H21N3O/c1-3-16-8-10(14)7-12(16)13(17)15-11-5-4-9(2)6-11/h7-9,11H,3-6,14H2,1-2H3,(H,15,17). The van der Waals surface area contributed by atoms with E-state index < -0.39 is 0 Å². The van der Waals surface area contributed by atoms with Crippen molar-refractivity contribution in [3.8, 4) is 0 Å². The Kier molecular flexibility index (Phi) is 3.41. The first-order valence-electron chi connectivity index (χ1n) is 6.36. The molecular formula is C13H21N3O. The SMILES string of the molecule is CCn1cc(N)cc1C(=O)NC1CCC(C)C1. The average Bonchev–Trinajstić information content (AvgIpc) is 2.84. The lowest BCUT2D eigenvalue weighted by Gasteiger charge is -2.13. The van der Waals surface area contributed by atoms with Crippen LogP contribution in [-0.2, 0) is 6.54 Å². The number of carbonyl (C=O) groups is 1. The van der Waals surface area contributed by atoms with Crippen LogP contribution < -0.4 is 11.1 Å². The van der Waals surface area contributed by atoms with Gasteiger partial charge in [-0.3, -0.25) is 4.79 Å². The predicted molar refractivity (Wildman–Crippen MR) is 68.8 cm³/mol. The average molecular weight is 235 g/mol. The first kappa shape index (κ1) is 12.0. The first-order valence-corrected chi connectivity index (χ1v) is 6.36. The van der Waals surface area contributed by atoms with Gasteiger partial charge in [0.25, 0.3) is 5.91 Å². The summed E-state index contributed by atoms with van der Waals surface area (Å²) in [5, 5.41) is 3.10. The van der Waals surface area contributed by atoms with Crippen LogP contribution in [0, 0.1) is 5.92 Å². The molecule has 1 saturated carbocycles. The van der Waals surface area contributed by atoms with Gasteiger partial charge in [-0.1, -0.05) is 6.92 Å². The smallest absolute Gasteiger partial charge is 0.268 e. The maximum atomic E-state index is 12.1. The molecule has 1 aliphatic carbocycles. The number of rotatable bonds is 3. The van der Waals surface area contributed by atoms with E-state index in [2.05, 4.69) is 12.2 Å². The Balaban J connectivity index is 2.04. The van der Waals surface area contributed by atoms with E-state index in [1.807, 2.05) is 17.7 Å². The van der Waals surface area contributed by atoms with E-state index in [4.69, 9.17) is 5.73 Å². The predicted octanol–water partition coefficient (Wildman–Crippen LogP) is 2.01. The molecule has 4 heteroatoms. The minimum Gasteiger partial charge on any atom is -0.397 e. The number of nitrogen functional groups attached to an aromatic ring is 1. The maximum absolute atomic E-state index is 12.1. The van der Waals surface area contributed by atoms with Gasteiger partial charge in [0.1, 0.15) is 5.69 Å². The molecule has 0 saturated heterocycles. The molecule has 0 bridgehead atoms. The van der Waals surface area contributed by atoms with Gasteiger partial charge in [-0.15, -0.1) is 0 Å². The van der Waals surface area contributed by atoms with Crippen LogP contribution in [0.5, 0.6) is 0 Å². The molecule has 2 atom stereocenters. The number of hydrogen-bond donors (Lipinski definition) is 2. The normalized spacial score (nSPS) is 23.9. The molecule has 1 fully saturated rings. The van der Waals surface area contributed by atoms with Crippen LogP contribution >= 0.6 is 0 Å². The zero-order valence-corrected chi connectivity index (χ0v) is 10.6. The van der Waals surface area contributed by atoms with Crippen molar-refractivity contribution in [2.75, 3.05) is 5.73 Å². The fourth-order valence-corrected chi connectivity index (χ4v) is 2.58. The largest absolute Gasteiger partial charge is 0.397 e. The zero-order valence-electron chi connectivity index (χ0n) is 10.6. The van der Waals surface area contributed by atoms with Crippen LogP contribution in [0.1, 0.15) is 43.6 Å². The van der Waals surface area contributed by atoms with Crippen LogP contribution in [-0.4, -0.2) is 16.5 Å². The molecule has 0 aromatic carbocycles. The molecule has 94 valence electrons. The molecule has 1 amide bonds. The van der Waals surface area contributed by atoms with Crippen molar-refractivity contribution in [3.05, 3.63) is 18.0 Å². The van der Waals surface area contributed by atoms with Gasteiger partial charge in [0, 0.05) is 18.8 Å². The number of aryl methyl sites for hydroxylation is 1. The highest BCUT2D eigenvalue weighted by atomic mass is 16.2. The lowest BCUT2D eigenvalue weighted by atomic mass is 10.1. The molecular weight excluding hydrogens is 214 g/mol. The lowest BCUT2D eigenvalue weighted by molar-refractivity contribution is 0.0928. The third-order valence-electron chi connectivity index (χ3n) is 3.52. The molecule has 1 heterocycles. The van der Waals surface area contributed by atoms with Crippen molar-refractivity contribution in [1.29, 1.82) is 0 Å². The van der Waals surface area contributed by atoms with Gasteiger partial charge in [0.15, 0.2) is 0 Å². The second-order valence-electron chi connectivity index (χ2n) is 5.03. The van der Waals surface area contributed by atoms with E-state index in [0.717, 1.165) is 25.3 Å². The number of aromatic nitrogens is 1. The summed E-state index contributed by atoms with van der Waals surface area (Å²) in [7, 11) is 0. The number of nitrogens with zero attached hydrogens (tertiary/aromatic N) is 1. The van der Waals surface area contributed by atoms with Crippen molar-refractivity contribution >= 4 is 11.6 Å². The molecule has 2 unspecified atom stereocenters. The summed E-state index contributed by atoms with van der Waals surface area (Å²) in [5.41, 5.74) is 7.04. The van der Waals surface area contributed by atoms with E-state index in [1.165, 1.54) is 6.42 Å². The van der Waals surface area contributed by atoms with Gasteiger partial charge in [0.2, 0.25) is 0 Å². The molecule has 0 aliphatic heterocycles. The fourth-order valence-electron chi connectivity index (χ4n) is 2.58. The van der Waals surface area contributed by atoms with Gasteiger partial charge in [0.05, 0.1) is 5.69 Å². The summed E-state index contributed by atoms with van der Waals surface area (Å²) < 4.78 is 1.89. The van der Waals surface area contributed by atoms with Gasteiger partial charge in [-0.2, -0.15) is 0 Å². The number of hydrogen-bond acceptors (Lipinski definition) is 2. The molecule has 3 N–H and O–H groups in total.